The van der Waals surface area contributed by atoms with Gasteiger partial charge in [0.25, 0.3) is 0 Å². The summed E-state index contributed by atoms with van der Waals surface area (Å²) in [5, 5.41) is 2.90. The number of pyridine rings is 2. The number of hydrogen-bond donors (Lipinski definition) is 3. The molecule has 1 aliphatic rings. The van der Waals surface area contributed by atoms with Gasteiger partial charge in [-0.3, -0.25) is 4.40 Å². The number of nitrogens with one attached hydrogen (secondary N) is 2. The summed E-state index contributed by atoms with van der Waals surface area (Å²) in [6, 6.07) is 4.35. The number of anilines is 1. The fraction of sp³-hybridized carbons (Fsp3) is 0.250. The van der Waals surface area contributed by atoms with E-state index in [0.717, 1.165) is 29.7 Å². The summed E-state index contributed by atoms with van der Waals surface area (Å²) >= 11 is 0. The molecule has 0 spiro atoms. The molecule has 0 radical (unpaired) electrons. The number of nitrogens with two attached hydrogens (primary N) is 1. The first kappa shape index (κ1) is 19.9. The molecular formula is C20H20F3N7. The summed E-state index contributed by atoms with van der Waals surface area (Å²) in [5.74, 6) is -1.33. The molecule has 4 aromatic rings. The standard InChI is InChI=1S/C16H12F2N6.C4H8FN/c1-8-6-21-16(22-8)9-2-3-24-12(7-20-13(24)4-9)14-10(17)5-11(18)15(19)23-14;5-4-1-2-6-3-4/h2-7H,1H3,(H2,19,23)(H,21,22);4,6H,1-3H2. The highest BCUT2D eigenvalue weighted by atomic mass is 19.1. The Hall–Kier alpha value is -3.40. The number of nitrogens with zero attached hydrogens (tertiary/aromatic N) is 4. The molecule has 30 heavy (non-hydrogen) atoms. The SMILES string of the molecule is Cc1cnc(-c2ccn3c(-c4nc(N)c(F)cc4F)cnc3c2)[nH]1.FC1CCNC1. The van der Waals surface area contributed by atoms with Crippen molar-refractivity contribution in [1.29, 1.82) is 0 Å². The van der Waals surface area contributed by atoms with E-state index in [2.05, 4.69) is 25.3 Å². The van der Waals surface area contributed by atoms with Crippen LogP contribution in [-0.4, -0.2) is 43.6 Å². The smallest absolute Gasteiger partial charge is 0.168 e. The number of halogens is 3. The highest BCUT2D eigenvalue weighted by Gasteiger charge is 2.16. The minimum atomic E-state index is -0.888. The second-order valence-electron chi connectivity index (χ2n) is 6.98. The van der Waals surface area contributed by atoms with Crippen molar-refractivity contribution in [2.75, 3.05) is 18.8 Å². The van der Waals surface area contributed by atoms with Gasteiger partial charge in [0, 0.05) is 36.3 Å². The van der Waals surface area contributed by atoms with Crippen LogP contribution < -0.4 is 11.1 Å². The Balaban J connectivity index is 0.000000313. The first-order valence-corrected chi connectivity index (χ1v) is 9.38. The van der Waals surface area contributed by atoms with Crippen molar-refractivity contribution in [2.24, 2.45) is 0 Å². The lowest BCUT2D eigenvalue weighted by Crippen LogP contribution is -2.08. The number of rotatable bonds is 2. The van der Waals surface area contributed by atoms with Gasteiger partial charge < -0.3 is 16.0 Å². The molecule has 4 N–H and O–H groups in total. The van der Waals surface area contributed by atoms with Gasteiger partial charge in [-0.2, -0.15) is 0 Å². The van der Waals surface area contributed by atoms with E-state index in [4.69, 9.17) is 5.73 Å². The number of alkyl halides is 1. The first-order valence-electron chi connectivity index (χ1n) is 9.38. The molecular weight excluding hydrogens is 395 g/mol. The van der Waals surface area contributed by atoms with Crippen molar-refractivity contribution in [2.45, 2.75) is 19.5 Å². The lowest BCUT2D eigenvalue weighted by Gasteiger charge is -2.05. The normalized spacial score (nSPS) is 15.9. The van der Waals surface area contributed by atoms with Gasteiger partial charge in [-0.05, 0) is 32.0 Å². The van der Waals surface area contributed by atoms with E-state index in [1.807, 2.05) is 19.1 Å². The highest BCUT2D eigenvalue weighted by molar-refractivity contribution is 5.67. The van der Waals surface area contributed by atoms with Crippen LogP contribution in [0.25, 0.3) is 28.4 Å². The summed E-state index contributed by atoms with van der Waals surface area (Å²) in [4.78, 5) is 15.5. The van der Waals surface area contributed by atoms with Crippen LogP contribution in [0.2, 0.25) is 0 Å². The minimum absolute atomic E-state index is 0.0528. The third-order valence-corrected chi connectivity index (χ3v) is 4.69. The number of aromatic amines is 1. The fourth-order valence-electron chi connectivity index (χ4n) is 3.14. The molecule has 1 unspecified atom stereocenters. The van der Waals surface area contributed by atoms with Gasteiger partial charge >= 0.3 is 0 Å². The number of hydrogen-bond acceptors (Lipinski definition) is 5. The van der Waals surface area contributed by atoms with Crippen LogP contribution in [0.3, 0.4) is 0 Å². The Bertz CT molecular complexity index is 1180. The second-order valence-corrected chi connectivity index (χ2v) is 6.98. The zero-order chi connectivity index (χ0) is 21.3. The van der Waals surface area contributed by atoms with Crippen molar-refractivity contribution < 1.29 is 13.2 Å². The van der Waals surface area contributed by atoms with Crippen molar-refractivity contribution in [3.63, 3.8) is 0 Å². The molecule has 0 aliphatic carbocycles. The van der Waals surface area contributed by atoms with Crippen LogP contribution in [-0.2, 0) is 0 Å². The van der Waals surface area contributed by atoms with E-state index in [9.17, 15) is 13.2 Å². The van der Waals surface area contributed by atoms with Crippen LogP contribution in [0, 0.1) is 18.6 Å². The molecule has 156 valence electrons. The molecule has 0 aromatic carbocycles. The molecule has 7 nitrogen and oxygen atoms in total. The summed E-state index contributed by atoms with van der Waals surface area (Å²) in [5.41, 5.74) is 8.16. The zero-order valence-corrected chi connectivity index (χ0v) is 16.2. The number of nitrogen functional groups attached to an aromatic ring is 1. The maximum atomic E-state index is 14.1. The van der Waals surface area contributed by atoms with Crippen LogP contribution in [0.5, 0.6) is 0 Å². The number of aryl methyl sites for hydroxylation is 1. The van der Waals surface area contributed by atoms with E-state index >= 15 is 0 Å². The average molecular weight is 415 g/mol. The van der Waals surface area contributed by atoms with Crippen LogP contribution >= 0.6 is 0 Å². The van der Waals surface area contributed by atoms with Crippen molar-refractivity contribution in [1.82, 2.24) is 29.7 Å². The summed E-state index contributed by atoms with van der Waals surface area (Å²) in [7, 11) is 0. The van der Waals surface area contributed by atoms with Crippen LogP contribution in [0.1, 0.15) is 12.1 Å². The molecule has 1 saturated heterocycles. The van der Waals surface area contributed by atoms with Gasteiger partial charge in [0.05, 0.1) is 11.9 Å². The Kier molecular flexibility index (Phi) is 5.40. The van der Waals surface area contributed by atoms with Gasteiger partial charge in [0.15, 0.2) is 17.5 Å². The van der Waals surface area contributed by atoms with Gasteiger partial charge in [0.2, 0.25) is 0 Å². The van der Waals surface area contributed by atoms with E-state index < -0.39 is 17.8 Å². The molecule has 1 fully saturated rings. The highest BCUT2D eigenvalue weighted by Crippen LogP contribution is 2.26. The zero-order valence-electron chi connectivity index (χ0n) is 16.2. The van der Waals surface area contributed by atoms with Crippen molar-refractivity contribution in [3.8, 4) is 22.8 Å². The van der Waals surface area contributed by atoms with Crippen LogP contribution in [0.15, 0.2) is 36.8 Å². The topological polar surface area (TPSA) is 96.9 Å². The van der Waals surface area contributed by atoms with Gasteiger partial charge in [-0.25, -0.2) is 28.1 Å². The van der Waals surface area contributed by atoms with E-state index in [-0.39, 0.29) is 11.5 Å². The molecule has 1 atom stereocenters. The first-order chi connectivity index (χ1) is 14.4. The predicted octanol–water partition coefficient (Wildman–Crippen LogP) is 3.27. The number of imidazole rings is 2. The third-order valence-electron chi connectivity index (χ3n) is 4.69. The monoisotopic (exact) mass is 415 g/mol. The molecule has 4 aromatic heterocycles. The lowest BCUT2D eigenvalue weighted by molar-refractivity contribution is 0.361. The maximum Gasteiger partial charge on any atom is 0.168 e. The molecule has 0 saturated carbocycles. The average Bonchev–Trinajstić information content (AvgIpc) is 3.46. The quantitative estimate of drug-likeness (QED) is 0.467. The predicted molar refractivity (Wildman–Crippen MR) is 107 cm³/mol. The maximum absolute atomic E-state index is 14.1. The molecule has 0 amide bonds. The molecule has 5 rings (SSSR count). The van der Waals surface area contributed by atoms with E-state index in [1.54, 1.807) is 16.8 Å². The summed E-state index contributed by atoms with van der Waals surface area (Å²) in [6.45, 7) is 3.34. The second kappa shape index (κ2) is 8.15. The van der Waals surface area contributed by atoms with E-state index in [1.165, 1.54) is 6.20 Å². The van der Waals surface area contributed by atoms with Gasteiger partial charge in [0.1, 0.15) is 23.3 Å². The molecule has 5 heterocycles. The van der Waals surface area contributed by atoms with Gasteiger partial charge in [-0.15, -0.1) is 0 Å². The Morgan fingerprint density at radius 1 is 1.17 bits per heavy atom. The Morgan fingerprint density at radius 2 is 2.00 bits per heavy atom. The largest absolute Gasteiger partial charge is 0.381 e. The number of H-pyrrole nitrogens is 1. The van der Waals surface area contributed by atoms with Crippen molar-refractivity contribution >= 4 is 11.5 Å². The molecule has 0 bridgehead atoms. The third kappa shape index (κ3) is 3.99. The minimum Gasteiger partial charge on any atom is -0.381 e. The number of fused-ring (bicyclic) bond motifs is 1. The van der Waals surface area contributed by atoms with Crippen molar-refractivity contribution in [3.05, 3.63) is 54.1 Å². The Labute approximate surface area is 170 Å². The fourth-order valence-corrected chi connectivity index (χ4v) is 3.14. The molecule has 1 aliphatic heterocycles. The Morgan fingerprint density at radius 3 is 2.63 bits per heavy atom. The van der Waals surface area contributed by atoms with E-state index in [0.29, 0.717) is 24.3 Å². The molecule has 10 heteroatoms. The van der Waals surface area contributed by atoms with Crippen LogP contribution in [0.4, 0.5) is 19.0 Å². The number of aromatic nitrogens is 5. The lowest BCUT2D eigenvalue weighted by atomic mass is 10.2. The summed E-state index contributed by atoms with van der Waals surface area (Å²) in [6.07, 6.45) is 5.07. The van der Waals surface area contributed by atoms with Gasteiger partial charge in [-0.1, -0.05) is 0 Å². The summed E-state index contributed by atoms with van der Waals surface area (Å²) < 4.78 is 40.9.